The van der Waals surface area contributed by atoms with E-state index in [1.165, 1.54) is 6.42 Å². The first-order chi connectivity index (χ1) is 9.28. The Morgan fingerprint density at radius 2 is 2.05 bits per heavy atom. The Morgan fingerprint density at radius 1 is 1.32 bits per heavy atom. The van der Waals surface area contributed by atoms with Crippen molar-refractivity contribution in [2.75, 3.05) is 6.61 Å². The normalized spacial score (nSPS) is 13.9. The van der Waals surface area contributed by atoms with Crippen LogP contribution in [0.3, 0.4) is 0 Å². The van der Waals surface area contributed by atoms with Gasteiger partial charge in [0.05, 0.1) is 0 Å². The molecule has 4 heteroatoms. The number of urea groups is 1. The molecule has 1 aromatic rings. The highest BCUT2D eigenvalue weighted by molar-refractivity contribution is 5.74. The summed E-state index contributed by atoms with van der Waals surface area (Å²) in [6.07, 6.45) is 3.39. The van der Waals surface area contributed by atoms with Crippen LogP contribution in [0.15, 0.2) is 24.3 Å². The van der Waals surface area contributed by atoms with Crippen molar-refractivity contribution >= 4 is 6.03 Å². The van der Waals surface area contributed by atoms with Gasteiger partial charge in [-0.25, -0.2) is 4.79 Å². The van der Waals surface area contributed by atoms with Crippen LogP contribution in [0.1, 0.15) is 30.4 Å². The Balaban J connectivity index is 1.77. The van der Waals surface area contributed by atoms with E-state index < -0.39 is 0 Å². The zero-order valence-electron chi connectivity index (χ0n) is 10.8. The Hall–Kier alpha value is -1.99. The third kappa shape index (κ3) is 4.31. The molecule has 0 spiro atoms. The summed E-state index contributed by atoms with van der Waals surface area (Å²) in [6, 6.07) is 7.85. The number of hydrogen-bond acceptors (Lipinski definition) is 2. The van der Waals surface area contributed by atoms with Crippen molar-refractivity contribution in [3.05, 3.63) is 35.4 Å². The lowest BCUT2D eigenvalue weighted by Gasteiger charge is -2.26. The quantitative estimate of drug-likeness (QED) is 0.717. The van der Waals surface area contributed by atoms with Crippen molar-refractivity contribution < 1.29 is 9.90 Å². The van der Waals surface area contributed by atoms with Gasteiger partial charge in [-0.2, -0.15) is 0 Å². The molecule has 1 aliphatic rings. The van der Waals surface area contributed by atoms with E-state index in [0.717, 1.165) is 24.0 Å². The van der Waals surface area contributed by atoms with E-state index in [4.69, 9.17) is 5.11 Å². The Bertz CT molecular complexity index is 481. The van der Waals surface area contributed by atoms with Crippen LogP contribution in [0.4, 0.5) is 4.79 Å². The van der Waals surface area contributed by atoms with Crippen molar-refractivity contribution in [3.63, 3.8) is 0 Å². The molecule has 100 valence electrons. The van der Waals surface area contributed by atoms with Gasteiger partial charge in [-0.3, -0.25) is 0 Å². The molecule has 0 atom stereocenters. The van der Waals surface area contributed by atoms with E-state index in [1.807, 2.05) is 24.3 Å². The Morgan fingerprint density at radius 3 is 2.63 bits per heavy atom. The van der Waals surface area contributed by atoms with Crippen molar-refractivity contribution in [1.29, 1.82) is 0 Å². The third-order valence-electron chi connectivity index (χ3n) is 3.16. The third-order valence-corrected chi connectivity index (χ3v) is 3.16. The molecule has 1 fully saturated rings. The average Bonchev–Trinajstić information content (AvgIpc) is 2.39. The maximum Gasteiger partial charge on any atom is 0.315 e. The lowest BCUT2D eigenvalue weighted by Crippen LogP contribution is -2.44. The predicted molar refractivity (Wildman–Crippen MR) is 73.4 cm³/mol. The molecule has 0 unspecified atom stereocenters. The van der Waals surface area contributed by atoms with Crippen LogP contribution in [0.2, 0.25) is 0 Å². The molecular weight excluding hydrogens is 240 g/mol. The fourth-order valence-electron chi connectivity index (χ4n) is 1.82. The van der Waals surface area contributed by atoms with Crippen molar-refractivity contribution in [2.24, 2.45) is 0 Å². The summed E-state index contributed by atoms with van der Waals surface area (Å²) in [5.74, 6) is 5.42. The number of amides is 2. The molecule has 0 bridgehead atoms. The summed E-state index contributed by atoms with van der Waals surface area (Å²) in [7, 11) is 0. The van der Waals surface area contributed by atoms with E-state index in [-0.39, 0.29) is 12.6 Å². The zero-order valence-corrected chi connectivity index (χ0v) is 10.8. The molecule has 2 amide bonds. The lowest BCUT2D eigenvalue weighted by molar-refractivity contribution is 0.228. The highest BCUT2D eigenvalue weighted by Gasteiger charge is 2.18. The minimum atomic E-state index is -0.134. The van der Waals surface area contributed by atoms with Crippen LogP contribution in [-0.2, 0) is 6.54 Å². The number of carbonyl (C=O) groups excluding carboxylic acids is 1. The summed E-state index contributed by atoms with van der Waals surface area (Å²) in [5.41, 5.74) is 1.88. The molecule has 0 saturated heterocycles. The Kier molecular flexibility index (Phi) is 4.82. The zero-order chi connectivity index (χ0) is 13.5. The van der Waals surface area contributed by atoms with Gasteiger partial charge in [0.15, 0.2) is 0 Å². The van der Waals surface area contributed by atoms with Gasteiger partial charge in [0.1, 0.15) is 6.61 Å². The second-order valence-corrected chi connectivity index (χ2v) is 4.61. The molecule has 0 aliphatic heterocycles. The topological polar surface area (TPSA) is 61.4 Å². The second-order valence-electron chi connectivity index (χ2n) is 4.61. The fourth-order valence-corrected chi connectivity index (χ4v) is 1.82. The standard InChI is InChI=1S/C15H18N2O2/c18-10-2-3-12-6-8-13(9-7-12)11-16-15(19)17-14-4-1-5-14/h6-9,14,18H,1,4-5,10-11H2,(H2,16,17,19). The maximum absolute atomic E-state index is 11.6. The first-order valence-corrected chi connectivity index (χ1v) is 6.51. The van der Waals surface area contributed by atoms with Gasteiger partial charge < -0.3 is 15.7 Å². The SMILES string of the molecule is O=C(NCc1ccc(C#CCO)cc1)NC1CCC1. The minimum absolute atomic E-state index is 0.103. The molecule has 19 heavy (non-hydrogen) atoms. The average molecular weight is 258 g/mol. The van der Waals surface area contributed by atoms with Crippen LogP contribution in [0.25, 0.3) is 0 Å². The minimum Gasteiger partial charge on any atom is -0.384 e. The van der Waals surface area contributed by atoms with Gasteiger partial charge >= 0.3 is 6.03 Å². The van der Waals surface area contributed by atoms with Crippen molar-refractivity contribution in [2.45, 2.75) is 31.8 Å². The monoisotopic (exact) mass is 258 g/mol. The van der Waals surface area contributed by atoms with Crippen molar-refractivity contribution in [1.82, 2.24) is 10.6 Å². The van der Waals surface area contributed by atoms with Crippen LogP contribution < -0.4 is 10.6 Å². The molecule has 1 aliphatic carbocycles. The molecule has 2 rings (SSSR count). The molecular formula is C15H18N2O2. The molecule has 0 radical (unpaired) electrons. The number of aliphatic hydroxyl groups is 1. The molecule has 4 nitrogen and oxygen atoms in total. The van der Waals surface area contributed by atoms with Crippen LogP contribution >= 0.6 is 0 Å². The van der Waals surface area contributed by atoms with Crippen LogP contribution in [0, 0.1) is 11.8 Å². The highest BCUT2D eigenvalue weighted by Crippen LogP contribution is 2.17. The van der Waals surface area contributed by atoms with Crippen LogP contribution in [-0.4, -0.2) is 23.8 Å². The van der Waals surface area contributed by atoms with Gasteiger partial charge in [0.25, 0.3) is 0 Å². The van der Waals surface area contributed by atoms with E-state index in [2.05, 4.69) is 22.5 Å². The number of rotatable bonds is 3. The van der Waals surface area contributed by atoms with Gasteiger partial charge in [-0.15, -0.1) is 0 Å². The number of carbonyl (C=O) groups is 1. The summed E-state index contributed by atoms with van der Waals surface area (Å²) < 4.78 is 0. The lowest BCUT2D eigenvalue weighted by atomic mass is 9.93. The molecule has 3 N–H and O–H groups in total. The predicted octanol–water partition coefficient (Wildman–Crippen LogP) is 1.38. The number of nitrogens with one attached hydrogen (secondary N) is 2. The number of benzene rings is 1. The summed E-state index contributed by atoms with van der Waals surface area (Å²) in [6.45, 7) is 0.372. The largest absolute Gasteiger partial charge is 0.384 e. The fraction of sp³-hybridized carbons (Fsp3) is 0.400. The number of hydrogen-bond donors (Lipinski definition) is 3. The van der Waals surface area contributed by atoms with Gasteiger partial charge in [-0.05, 0) is 37.0 Å². The van der Waals surface area contributed by atoms with E-state index in [9.17, 15) is 4.79 Å². The smallest absolute Gasteiger partial charge is 0.315 e. The maximum atomic E-state index is 11.6. The second kappa shape index (κ2) is 6.81. The summed E-state index contributed by atoms with van der Waals surface area (Å²) in [4.78, 5) is 11.6. The number of aliphatic hydroxyl groups excluding tert-OH is 1. The molecule has 1 saturated carbocycles. The van der Waals surface area contributed by atoms with Crippen LogP contribution in [0.5, 0.6) is 0 Å². The first kappa shape index (κ1) is 13.4. The van der Waals surface area contributed by atoms with Gasteiger partial charge in [0, 0.05) is 18.2 Å². The molecule has 1 aromatic carbocycles. The van der Waals surface area contributed by atoms with E-state index >= 15 is 0 Å². The van der Waals surface area contributed by atoms with E-state index in [0.29, 0.717) is 12.6 Å². The summed E-state index contributed by atoms with van der Waals surface area (Å²) >= 11 is 0. The summed E-state index contributed by atoms with van der Waals surface area (Å²) in [5, 5.41) is 14.4. The first-order valence-electron chi connectivity index (χ1n) is 6.51. The Labute approximate surface area is 113 Å². The molecule has 0 heterocycles. The van der Waals surface area contributed by atoms with E-state index in [1.54, 1.807) is 0 Å². The van der Waals surface area contributed by atoms with Gasteiger partial charge in [-0.1, -0.05) is 24.0 Å². The van der Waals surface area contributed by atoms with Gasteiger partial charge in [0.2, 0.25) is 0 Å². The molecule has 0 aromatic heterocycles. The highest BCUT2D eigenvalue weighted by atomic mass is 16.2. The van der Waals surface area contributed by atoms with Crippen molar-refractivity contribution in [3.8, 4) is 11.8 Å².